The number of benzene rings is 2. The normalized spacial score (nSPS) is 11.2. The second-order valence-corrected chi connectivity index (χ2v) is 7.61. The molecular weight excluding hydrogens is 320 g/mol. The van der Waals surface area contributed by atoms with Crippen molar-refractivity contribution < 1.29 is 0 Å². The molecule has 3 aromatic rings. The first kappa shape index (κ1) is 17.7. The van der Waals surface area contributed by atoms with Crippen molar-refractivity contribution >= 4 is 0 Å². The highest BCUT2D eigenvalue weighted by Crippen LogP contribution is 2.29. The number of pyridine rings is 1. The van der Waals surface area contributed by atoms with Crippen molar-refractivity contribution in [3.63, 3.8) is 0 Å². The van der Waals surface area contributed by atoms with Gasteiger partial charge in [0.1, 0.15) is 11.6 Å². The number of aromatic amines is 1. The van der Waals surface area contributed by atoms with Crippen LogP contribution in [0, 0.1) is 18.3 Å². The summed E-state index contributed by atoms with van der Waals surface area (Å²) in [5.74, 6) is 0. The molecule has 0 aliphatic heterocycles. The average Bonchev–Trinajstić information content (AvgIpc) is 2.61. The lowest BCUT2D eigenvalue weighted by Gasteiger charge is -2.19. The molecule has 0 atom stereocenters. The monoisotopic (exact) mass is 342 g/mol. The molecule has 0 aliphatic rings. The predicted molar refractivity (Wildman–Crippen MR) is 106 cm³/mol. The first-order chi connectivity index (χ1) is 12.3. The molecule has 0 fully saturated rings. The van der Waals surface area contributed by atoms with Crippen molar-refractivity contribution in [2.24, 2.45) is 0 Å². The molecule has 1 heterocycles. The Morgan fingerprint density at radius 1 is 0.923 bits per heavy atom. The van der Waals surface area contributed by atoms with Crippen LogP contribution in [0.15, 0.2) is 59.4 Å². The Hall–Kier alpha value is -3.12. The number of hydrogen-bond acceptors (Lipinski definition) is 2. The average molecular weight is 342 g/mol. The van der Waals surface area contributed by atoms with Crippen LogP contribution in [0.4, 0.5) is 0 Å². The number of rotatable bonds is 2. The van der Waals surface area contributed by atoms with E-state index in [1.165, 1.54) is 5.56 Å². The number of H-pyrrole nitrogens is 1. The Bertz CT molecular complexity index is 1030. The second-order valence-electron chi connectivity index (χ2n) is 7.61. The quantitative estimate of drug-likeness (QED) is 0.697. The Morgan fingerprint density at radius 2 is 1.50 bits per heavy atom. The molecule has 3 nitrogen and oxygen atoms in total. The molecule has 0 aliphatic carbocycles. The van der Waals surface area contributed by atoms with Gasteiger partial charge in [-0.05, 0) is 35.1 Å². The topological polar surface area (TPSA) is 56.6 Å². The van der Waals surface area contributed by atoms with Gasteiger partial charge in [-0.1, -0.05) is 74.9 Å². The van der Waals surface area contributed by atoms with E-state index in [0.29, 0.717) is 11.3 Å². The number of hydrogen-bond donors (Lipinski definition) is 1. The van der Waals surface area contributed by atoms with Crippen LogP contribution in [0.3, 0.4) is 0 Å². The molecule has 1 aromatic heterocycles. The fraction of sp³-hybridized carbons (Fsp3) is 0.217. The van der Waals surface area contributed by atoms with Gasteiger partial charge in [0.2, 0.25) is 0 Å². The molecule has 3 heteroatoms. The SMILES string of the molecule is Cc1ccc(-c2cc(-c3ccc(C(C)(C)C)cc3)c(C#N)c(=O)[nH]2)cc1. The highest BCUT2D eigenvalue weighted by Gasteiger charge is 2.16. The van der Waals surface area contributed by atoms with E-state index in [-0.39, 0.29) is 16.5 Å². The van der Waals surface area contributed by atoms with Gasteiger partial charge in [-0.2, -0.15) is 5.26 Å². The van der Waals surface area contributed by atoms with Gasteiger partial charge in [-0.3, -0.25) is 4.79 Å². The van der Waals surface area contributed by atoms with Crippen molar-refractivity contribution in [1.82, 2.24) is 4.98 Å². The third-order valence-electron chi connectivity index (χ3n) is 4.57. The second kappa shape index (κ2) is 6.65. The van der Waals surface area contributed by atoms with Crippen molar-refractivity contribution in [3.05, 3.63) is 81.6 Å². The summed E-state index contributed by atoms with van der Waals surface area (Å²) in [6.45, 7) is 8.50. The zero-order valence-corrected chi connectivity index (χ0v) is 15.6. The standard InChI is InChI=1S/C23H22N2O/c1-15-5-7-17(8-6-15)21-13-19(20(14-24)22(26)25-21)16-9-11-18(12-10-16)23(2,3)4/h5-13H,1-4H3,(H,25,26). The molecule has 0 saturated carbocycles. The highest BCUT2D eigenvalue weighted by atomic mass is 16.1. The van der Waals surface area contributed by atoms with Crippen molar-refractivity contribution in [1.29, 1.82) is 5.26 Å². The molecule has 0 amide bonds. The van der Waals surface area contributed by atoms with E-state index in [0.717, 1.165) is 16.7 Å². The largest absolute Gasteiger partial charge is 0.321 e. The maximum absolute atomic E-state index is 12.5. The summed E-state index contributed by atoms with van der Waals surface area (Å²) in [6, 6.07) is 20.0. The van der Waals surface area contributed by atoms with Crippen LogP contribution in [-0.2, 0) is 5.41 Å². The summed E-state index contributed by atoms with van der Waals surface area (Å²) >= 11 is 0. The van der Waals surface area contributed by atoms with Crippen LogP contribution in [0.25, 0.3) is 22.4 Å². The number of nitriles is 1. The fourth-order valence-electron chi connectivity index (χ4n) is 2.94. The minimum absolute atomic E-state index is 0.0534. The summed E-state index contributed by atoms with van der Waals surface area (Å²) in [6.07, 6.45) is 0. The van der Waals surface area contributed by atoms with Crippen molar-refractivity contribution in [2.75, 3.05) is 0 Å². The van der Waals surface area contributed by atoms with E-state index in [4.69, 9.17) is 0 Å². The summed E-state index contributed by atoms with van der Waals surface area (Å²) in [5, 5.41) is 9.47. The lowest BCUT2D eigenvalue weighted by Crippen LogP contribution is -2.13. The van der Waals surface area contributed by atoms with Gasteiger partial charge in [0.15, 0.2) is 0 Å². The Labute approximate surface area is 154 Å². The lowest BCUT2D eigenvalue weighted by atomic mass is 9.86. The van der Waals surface area contributed by atoms with E-state index < -0.39 is 0 Å². The van der Waals surface area contributed by atoms with Gasteiger partial charge < -0.3 is 4.98 Å². The Balaban J connectivity index is 2.15. The predicted octanol–water partition coefficient (Wildman–Crippen LogP) is 5.19. The molecule has 0 unspecified atom stereocenters. The smallest absolute Gasteiger partial charge is 0.266 e. The number of nitrogens with zero attached hydrogens (tertiary/aromatic N) is 1. The van der Waals surface area contributed by atoms with Crippen LogP contribution < -0.4 is 5.56 Å². The molecule has 3 rings (SSSR count). The molecule has 130 valence electrons. The Morgan fingerprint density at radius 3 is 2.04 bits per heavy atom. The van der Waals surface area contributed by atoms with Crippen LogP contribution >= 0.6 is 0 Å². The number of aryl methyl sites for hydroxylation is 1. The van der Waals surface area contributed by atoms with E-state index in [1.54, 1.807) is 0 Å². The van der Waals surface area contributed by atoms with E-state index in [2.05, 4.69) is 44.0 Å². The van der Waals surface area contributed by atoms with Gasteiger partial charge >= 0.3 is 0 Å². The molecule has 26 heavy (non-hydrogen) atoms. The van der Waals surface area contributed by atoms with Crippen LogP contribution in [0.1, 0.15) is 37.5 Å². The van der Waals surface area contributed by atoms with Gasteiger partial charge in [-0.15, -0.1) is 0 Å². The highest BCUT2D eigenvalue weighted by molar-refractivity contribution is 5.75. The third kappa shape index (κ3) is 3.45. The first-order valence-electron chi connectivity index (χ1n) is 8.65. The third-order valence-corrected chi connectivity index (χ3v) is 4.57. The molecular formula is C23H22N2O. The van der Waals surface area contributed by atoms with Crippen LogP contribution in [0.2, 0.25) is 0 Å². The molecule has 0 spiro atoms. The summed E-state index contributed by atoms with van der Waals surface area (Å²) < 4.78 is 0. The molecule has 0 bridgehead atoms. The van der Waals surface area contributed by atoms with E-state index in [9.17, 15) is 10.1 Å². The molecule has 1 N–H and O–H groups in total. The van der Waals surface area contributed by atoms with Crippen molar-refractivity contribution in [2.45, 2.75) is 33.1 Å². The summed E-state index contributed by atoms with van der Waals surface area (Å²) in [4.78, 5) is 15.3. The number of aromatic nitrogens is 1. The molecule has 2 aromatic carbocycles. The molecule has 0 saturated heterocycles. The maximum Gasteiger partial charge on any atom is 0.266 e. The van der Waals surface area contributed by atoms with Crippen LogP contribution in [-0.4, -0.2) is 4.98 Å². The number of nitrogens with one attached hydrogen (secondary N) is 1. The van der Waals surface area contributed by atoms with E-state index in [1.807, 2.05) is 49.4 Å². The zero-order chi connectivity index (χ0) is 18.9. The maximum atomic E-state index is 12.5. The first-order valence-corrected chi connectivity index (χ1v) is 8.65. The molecule has 0 radical (unpaired) electrons. The minimum Gasteiger partial charge on any atom is -0.321 e. The zero-order valence-electron chi connectivity index (χ0n) is 15.6. The van der Waals surface area contributed by atoms with Gasteiger partial charge in [0.05, 0.1) is 0 Å². The van der Waals surface area contributed by atoms with Gasteiger partial charge in [0.25, 0.3) is 5.56 Å². The summed E-state index contributed by atoms with van der Waals surface area (Å²) in [7, 11) is 0. The van der Waals surface area contributed by atoms with Crippen molar-refractivity contribution in [3.8, 4) is 28.5 Å². The van der Waals surface area contributed by atoms with Gasteiger partial charge in [-0.25, -0.2) is 0 Å². The van der Waals surface area contributed by atoms with E-state index >= 15 is 0 Å². The van der Waals surface area contributed by atoms with Crippen LogP contribution in [0.5, 0.6) is 0 Å². The minimum atomic E-state index is -0.361. The van der Waals surface area contributed by atoms with Gasteiger partial charge in [0, 0.05) is 11.3 Å². The lowest BCUT2D eigenvalue weighted by molar-refractivity contribution is 0.590. The summed E-state index contributed by atoms with van der Waals surface area (Å²) in [5.41, 5.74) is 5.36. The Kier molecular flexibility index (Phi) is 4.52. The fourth-order valence-corrected chi connectivity index (χ4v) is 2.94.